The number of likely N-dealkylation sites (N-methyl/N-ethyl adjacent to an activating group) is 1. The molecule has 1 rings (SSSR count). The van der Waals surface area contributed by atoms with Crippen LogP contribution in [0.1, 0.15) is 11.1 Å². The Balaban J connectivity index is 3.40. The van der Waals surface area contributed by atoms with Gasteiger partial charge in [0.25, 0.3) is 5.91 Å². The van der Waals surface area contributed by atoms with Crippen molar-refractivity contribution in [1.82, 2.24) is 0 Å². The second-order valence-corrected chi connectivity index (χ2v) is 4.17. The van der Waals surface area contributed by atoms with E-state index in [2.05, 4.69) is 0 Å². The standard InChI is InChI=1S/C12H16ClNO3/c1-7-5-9(17-4)12(8(2)11(7)13)14(3)10(16)6-15/h5,15H,6H2,1-4H3. The number of benzene rings is 1. The first kappa shape index (κ1) is 13.8. The SMILES string of the molecule is COc1cc(C)c(Cl)c(C)c1N(C)C(=O)CO. The third kappa shape index (κ3) is 2.53. The van der Waals surface area contributed by atoms with Crippen molar-refractivity contribution in [3.05, 3.63) is 22.2 Å². The van der Waals surface area contributed by atoms with E-state index in [1.807, 2.05) is 13.8 Å². The highest BCUT2D eigenvalue weighted by molar-refractivity contribution is 6.32. The minimum atomic E-state index is -0.551. The summed E-state index contributed by atoms with van der Waals surface area (Å²) in [6.07, 6.45) is 0. The van der Waals surface area contributed by atoms with Gasteiger partial charge in [-0.1, -0.05) is 11.6 Å². The number of halogens is 1. The van der Waals surface area contributed by atoms with Gasteiger partial charge in [0.15, 0.2) is 0 Å². The van der Waals surface area contributed by atoms with E-state index in [0.717, 1.165) is 11.1 Å². The Hall–Kier alpha value is -1.26. The van der Waals surface area contributed by atoms with Crippen LogP contribution in [-0.2, 0) is 4.79 Å². The Morgan fingerprint density at radius 3 is 2.59 bits per heavy atom. The van der Waals surface area contributed by atoms with Crippen molar-refractivity contribution >= 4 is 23.2 Å². The van der Waals surface area contributed by atoms with Crippen LogP contribution < -0.4 is 9.64 Å². The molecular weight excluding hydrogens is 242 g/mol. The summed E-state index contributed by atoms with van der Waals surface area (Å²) in [4.78, 5) is 12.9. The molecule has 1 amide bonds. The quantitative estimate of drug-likeness (QED) is 0.900. The van der Waals surface area contributed by atoms with Crippen molar-refractivity contribution < 1.29 is 14.6 Å². The predicted octanol–water partition coefficient (Wildman–Crippen LogP) is 1.92. The molecule has 0 saturated carbocycles. The van der Waals surface area contributed by atoms with E-state index in [0.29, 0.717) is 16.5 Å². The molecule has 0 unspecified atom stereocenters. The number of aliphatic hydroxyl groups is 1. The molecule has 0 spiro atoms. The minimum absolute atomic E-state index is 0.411. The second kappa shape index (κ2) is 5.38. The zero-order valence-corrected chi connectivity index (χ0v) is 11.1. The molecule has 94 valence electrons. The fourth-order valence-electron chi connectivity index (χ4n) is 1.72. The van der Waals surface area contributed by atoms with Crippen LogP contribution in [0.4, 0.5) is 5.69 Å². The van der Waals surface area contributed by atoms with Crippen molar-refractivity contribution in [3.8, 4) is 5.75 Å². The van der Waals surface area contributed by atoms with E-state index in [9.17, 15) is 4.79 Å². The molecule has 0 radical (unpaired) electrons. The van der Waals surface area contributed by atoms with Crippen LogP contribution in [0.5, 0.6) is 5.75 Å². The molecule has 0 aliphatic heterocycles. The predicted molar refractivity (Wildman–Crippen MR) is 68.0 cm³/mol. The molecule has 0 fully saturated rings. The number of rotatable bonds is 3. The molecule has 17 heavy (non-hydrogen) atoms. The first-order valence-corrected chi connectivity index (χ1v) is 5.53. The van der Waals surface area contributed by atoms with Crippen molar-refractivity contribution in [3.63, 3.8) is 0 Å². The van der Waals surface area contributed by atoms with Crippen molar-refractivity contribution in [2.45, 2.75) is 13.8 Å². The Bertz CT molecular complexity index is 446. The average Bonchev–Trinajstić information content (AvgIpc) is 2.33. The number of amides is 1. The summed E-state index contributed by atoms with van der Waals surface area (Å²) in [6, 6.07) is 1.77. The number of anilines is 1. The van der Waals surface area contributed by atoms with Gasteiger partial charge in [0.05, 0.1) is 12.8 Å². The van der Waals surface area contributed by atoms with Gasteiger partial charge >= 0.3 is 0 Å². The molecule has 0 saturated heterocycles. The fourth-order valence-corrected chi connectivity index (χ4v) is 1.86. The van der Waals surface area contributed by atoms with Gasteiger partial charge in [-0.3, -0.25) is 4.79 Å². The lowest BCUT2D eigenvalue weighted by atomic mass is 10.1. The van der Waals surface area contributed by atoms with Crippen molar-refractivity contribution in [2.75, 3.05) is 25.7 Å². The van der Waals surface area contributed by atoms with Gasteiger partial charge in [-0.15, -0.1) is 0 Å². The molecule has 4 nitrogen and oxygen atoms in total. The van der Waals surface area contributed by atoms with Crippen LogP contribution in [0.3, 0.4) is 0 Å². The van der Waals surface area contributed by atoms with Gasteiger partial charge in [-0.05, 0) is 31.0 Å². The monoisotopic (exact) mass is 257 g/mol. The topological polar surface area (TPSA) is 49.8 Å². The Morgan fingerprint density at radius 1 is 1.53 bits per heavy atom. The molecule has 0 aromatic heterocycles. The molecule has 1 aromatic carbocycles. The van der Waals surface area contributed by atoms with Crippen molar-refractivity contribution in [2.24, 2.45) is 0 Å². The third-order valence-electron chi connectivity index (χ3n) is 2.68. The van der Waals surface area contributed by atoms with Gasteiger partial charge in [-0.2, -0.15) is 0 Å². The number of hydrogen-bond acceptors (Lipinski definition) is 3. The summed E-state index contributed by atoms with van der Waals surface area (Å²) < 4.78 is 5.24. The van der Waals surface area contributed by atoms with Crippen molar-refractivity contribution in [1.29, 1.82) is 0 Å². The number of nitrogens with zero attached hydrogens (tertiary/aromatic N) is 1. The number of aliphatic hydroxyl groups excluding tert-OH is 1. The zero-order valence-electron chi connectivity index (χ0n) is 10.4. The summed E-state index contributed by atoms with van der Waals surface area (Å²) in [5, 5.41) is 9.48. The third-order valence-corrected chi connectivity index (χ3v) is 3.26. The summed E-state index contributed by atoms with van der Waals surface area (Å²) in [6.45, 7) is 3.13. The molecule has 1 N–H and O–H groups in total. The number of ether oxygens (including phenoxy) is 1. The first-order chi connectivity index (χ1) is 7.93. The molecule has 5 heteroatoms. The maximum absolute atomic E-state index is 11.5. The van der Waals surface area contributed by atoms with Crippen LogP contribution in [0.2, 0.25) is 5.02 Å². The largest absolute Gasteiger partial charge is 0.495 e. The lowest BCUT2D eigenvalue weighted by Crippen LogP contribution is -2.30. The lowest BCUT2D eigenvalue weighted by molar-refractivity contribution is -0.121. The normalized spacial score (nSPS) is 10.2. The highest BCUT2D eigenvalue weighted by Crippen LogP contribution is 2.37. The molecule has 1 aromatic rings. The van der Waals surface area contributed by atoms with E-state index in [4.69, 9.17) is 21.4 Å². The van der Waals surface area contributed by atoms with E-state index >= 15 is 0 Å². The summed E-state index contributed by atoms with van der Waals surface area (Å²) in [5.41, 5.74) is 2.23. The lowest BCUT2D eigenvalue weighted by Gasteiger charge is -2.23. The number of hydrogen-bond donors (Lipinski definition) is 1. The number of carbonyl (C=O) groups is 1. The molecular formula is C12H16ClNO3. The minimum Gasteiger partial charge on any atom is -0.495 e. The van der Waals surface area contributed by atoms with E-state index in [-0.39, 0.29) is 0 Å². The van der Waals surface area contributed by atoms with E-state index in [1.165, 1.54) is 12.0 Å². The number of methoxy groups -OCH3 is 1. The summed E-state index contributed by atoms with van der Waals surface area (Å²) >= 11 is 6.15. The smallest absolute Gasteiger partial charge is 0.252 e. The van der Waals surface area contributed by atoms with Crippen LogP contribution >= 0.6 is 11.6 Å². The highest BCUT2D eigenvalue weighted by Gasteiger charge is 2.19. The van der Waals surface area contributed by atoms with Crippen LogP contribution in [0.25, 0.3) is 0 Å². The number of carbonyl (C=O) groups excluding carboxylic acids is 1. The fraction of sp³-hybridized carbons (Fsp3) is 0.417. The molecule has 0 aliphatic rings. The first-order valence-electron chi connectivity index (χ1n) is 5.15. The molecule has 0 heterocycles. The zero-order chi connectivity index (χ0) is 13.2. The Morgan fingerprint density at radius 2 is 2.12 bits per heavy atom. The van der Waals surface area contributed by atoms with Gasteiger partial charge in [0.2, 0.25) is 0 Å². The average molecular weight is 258 g/mol. The van der Waals surface area contributed by atoms with E-state index < -0.39 is 12.5 Å². The van der Waals surface area contributed by atoms with Gasteiger partial charge in [0, 0.05) is 12.1 Å². The second-order valence-electron chi connectivity index (χ2n) is 3.79. The molecule has 0 bridgehead atoms. The Kier molecular flexibility index (Phi) is 4.37. The van der Waals surface area contributed by atoms with Crippen LogP contribution in [0, 0.1) is 13.8 Å². The summed E-state index contributed by atoms with van der Waals surface area (Å²) in [7, 11) is 3.11. The Labute approximate surface area is 106 Å². The maximum Gasteiger partial charge on any atom is 0.252 e. The van der Waals surface area contributed by atoms with Gasteiger partial charge in [0.1, 0.15) is 12.4 Å². The number of aryl methyl sites for hydroxylation is 1. The summed E-state index contributed by atoms with van der Waals surface area (Å²) in [5.74, 6) is 0.153. The van der Waals surface area contributed by atoms with Crippen LogP contribution in [0.15, 0.2) is 6.07 Å². The highest BCUT2D eigenvalue weighted by atomic mass is 35.5. The molecule has 0 atom stereocenters. The maximum atomic E-state index is 11.5. The molecule has 0 aliphatic carbocycles. The van der Waals surface area contributed by atoms with Crippen LogP contribution in [-0.4, -0.2) is 31.8 Å². The van der Waals surface area contributed by atoms with Gasteiger partial charge < -0.3 is 14.7 Å². The van der Waals surface area contributed by atoms with Gasteiger partial charge in [-0.25, -0.2) is 0 Å². The van der Waals surface area contributed by atoms with E-state index in [1.54, 1.807) is 13.1 Å².